The van der Waals surface area contributed by atoms with E-state index in [0.29, 0.717) is 29.8 Å². The van der Waals surface area contributed by atoms with Gasteiger partial charge in [0.2, 0.25) is 5.91 Å². The van der Waals surface area contributed by atoms with E-state index >= 15 is 0 Å². The SMILES string of the molecule is Cc1cc(N2CC[C@@H]3NC(=O)C[C@@H]3C2)nc(-c2ccccc2O)n1. The van der Waals surface area contributed by atoms with Crippen LogP contribution in [0.1, 0.15) is 18.5 Å². The lowest BCUT2D eigenvalue weighted by Gasteiger charge is -2.35. The number of fused-ring (bicyclic) bond motifs is 1. The first-order valence-electron chi connectivity index (χ1n) is 8.28. The quantitative estimate of drug-likeness (QED) is 0.882. The third-order valence-corrected chi connectivity index (χ3v) is 4.84. The lowest BCUT2D eigenvalue weighted by Crippen LogP contribution is -2.45. The van der Waals surface area contributed by atoms with E-state index in [9.17, 15) is 9.90 Å². The van der Waals surface area contributed by atoms with E-state index in [1.54, 1.807) is 12.1 Å². The summed E-state index contributed by atoms with van der Waals surface area (Å²) in [4.78, 5) is 23.0. The third kappa shape index (κ3) is 2.68. The van der Waals surface area contributed by atoms with Gasteiger partial charge in [0.15, 0.2) is 5.82 Å². The Kier molecular flexibility index (Phi) is 3.59. The van der Waals surface area contributed by atoms with Crippen LogP contribution in [0.5, 0.6) is 5.75 Å². The molecule has 24 heavy (non-hydrogen) atoms. The Bertz CT molecular complexity index is 792. The van der Waals surface area contributed by atoms with Crippen molar-refractivity contribution in [2.75, 3.05) is 18.0 Å². The van der Waals surface area contributed by atoms with Crippen LogP contribution >= 0.6 is 0 Å². The molecule has 6 heteroatoms. The van der Waals surface area contributed by atoms with E-state index < -0.39 is 0 Å². The Hall–Kier alpha value is -2.63. The second-order valence-electron chi connectivity index (χ2n) is 6.58. The van der Waals surface area contributed by atoms with Crippen LogP contribution in [0.4, 0.5) is 5.82 Å². The van der Waals surface area contributed by atoms with Crippen LogP contribution in [-0.2, 0) is 4.79 Å². The molecule has 0 unspecified atom stereocenters. The normalized spacial score (nSPS) is 23.0. The molecular weight excluding hydrogens is 304 g/mol. The number of aromatic nitrogens is 2. The van der Waals surface area contributed by atoms with Gasteiger partial charge in [-0.25, -0.2) is 9.97 Å². The molecule has 6 nitrogen and oxygen atoms in total. The Balaban J connectivity index is 1.65. The topological polar surface area (TPSA) is 78.4 Å². The standard InChI is InChI=1S/C18H20N4O2/c1-11-8-16(21-18(19-11)13-4-2-3-5-15(13)23)22-7-6-14-12(10-22)9-17(24)20-14/h2-5,8,12,14,23H,6-7,9-10H2,1H3,(H,20,24)/t12-,14+/m1/s1. The van der Waals surface area contributed by atoms with Crippen molar-refractivity contribution < 1.29 is 9.90 Å². The van der Waals surface area contributed by atoms with Gasteiger partial charge in [-0.1, -0.05) is 12.1 Å². The molecule has 1 aromatic heterocycles. The van der Waals surface area contributed by atoms with Gasteiger partial charge in [0.1, 0.15) is 11.6 Å². The Morgan fingerprint density at radius 3 is 2.96 bits per heavy atom. The van der Waals surface area contributed by atoms with Gasteiger partial charge in [-0.2, -0.15) is 0 Å². The van der Waals surface area contributed by atoms with E-state index in [0.717, 1.165) is 31.0 Å². The molecule has 2 aliphatic heterocycles. The fraction of sp³-hybridized carbons (Fsp3) is 0.389. The summed E-state index contributed by atoms with van der Waals surface area (Å²) < 4.78 is 0. The van der Waals surface area contributed by atoms with Gasteiger partial charge >= 0.3 is 0 Å². The summed E-state index contributed by atoms with van der Waals surface area (Å²) in [5.74, 6) is 2.07. The first-order valence-corrected chi connectivity index (χ1v) is 8.28. The average molecular weight is 324 g/mol. The van der Waals surface area contributed by atoms with Gasteiger partial charge in [0.05, 0.1) is 5.56 Å². The van der Waals surface area contributed by atoms with E-state index in [2.05, 4.69) is 20.2 Å². The molecule has 2 aliphatic rings. The van der Waals surface area contributed by atoms with E-state index in [-0.39, 0.29) is 11.7 Å². The van der Waals surface area contributed by atoms with E-state index in [1.807, 2.05) is 25.1 Å². The van der Waals surface area contributed by atoms with Crippen molar-refractivity contribution >= 4 is 11.7 Å². The molecule has 0 spiro atoms. The number of para-hydroxylation sites is 1. The molecule has 3 heterocycles. The van der Waals surface area contributed by atoms with Gasteiger partial charge in [0, 0.05) is 43.2 Å². The van der Waals surface area contributed by atoms with Crippen LogP contribution in [0.25, 0.3) is 11.4 Å². The first kappa shape index (κ1) is 14.9. The molecule has 2 fully saturated rings. The summed E-state index contributed by atoms with van der Waals surface area (Å²) in [5, 5.41) is 13.1. The highest BCUT2D eigenvalue weighted by molar-refractivity contribution is 5.79. The Morgan fingerprint density at radius 1 is 1.29 bits per heavy atom. The molecule has 124 valence electrons. The summed E-state index contributed by atoms with van der Waals surface area (Å²) in [7, 11) is 0. The number of carbonyl (C=O) groups is 1. The highest BCUT2D eigenvalue weighted by Gasteiger charge is 2.37. The molecule has 1 amide bonds. The predicted octanol–water partition coefficient (Wildman–Crippen LogP) is 1.87. The van der Waals surface area contributed by atoms with Crippen molar-refractivity contribution in [3.05, 3.63) is 36.0 Å². The second-order valence-corrected chi connectivity index (χ2v) is 6.58. The molecule has 0 radical (unpaired) electrons. The number of amides is 1. The fourth-order valence-corrected chi connectivity index (χ4v) is 3.64. The minimum atomic E-state index is 0.153. The Labute approximate surface area is 140 Å². The molecule has 0 bridgehead atoms. The number of benzene rings is 1. The maximum atomic E-state index is 11.6. The molecule has 2 atom stereocenters. The number of aromatic hydroxyl groups is 1. The summed E-state index contributed by atoms with van der Waals surface area (Å²) in [5.41, 5.74) is 1.50. The van der Waals surface area contributed by atoms with Crippen molar-refractivity contribution in [3.8, 4) is 17.1 Å². The number of hydrogen-bond donors (Lipinski definition) is 2. The molecule has 2 saturated heterocycles. The first-order chi connectivity index (χ1) is 11.6. The Morgan fingerprint density at radius 2 is 2.12 bits per heavy atom. The lowest BCUT2D eigenvalue weighted by atomic mass is 9.93. The molecule has 1 aromatic carbocycles. The predicted molar refractivity (Wildman–Crippen MR) is 90.7 cm³/mol. The minimum absolute atomic E-state index is 0.153. The number of hydrogen-bond acceptors (Lipinski definition) is 5. The summed E-state index contributed by atoms with van der Waals surface area (Å²) in [6.07, 6.45) is 1.53. The van der Waals surface area contributed by atoms with Gasteiger partial charge in [0.25, 0.3) is 0 Å². The number of aryl methyl sites for hydroxylation is 1. The van der Waals surface area contributed by atoms with Crippen molar-refractivity contribution in [1.82, 2.24) is 15.3 Å². The van der Waals surface area contributed by atoms with Crippen LogP contribution in [0, 0.1) is 12.8 Å². The van der Waals surface area contributed by atoms with E-state index in [4.69, 9.17) is 0 Å². The second kappa shape index (κ2) is 5.78. The van der Waals surface area contributed by atoms with Gasteiger partial charge in [-0.05, 0) is 25.5 Å². The minimum Gasteiger partial charge on any atom is -0.507 e. The zero-order chi connectivity index (χ0) is 16.7. The molecule has 2 aromatic rings. The number of nitrogens with zero attached hydrogens (tertiary/aromatic N) is 3. The van der Waals surface area contributed by atoms with Gasteiger partial charge in [-0.3, -0.25) is 4.79 Å². The highest BCUT2D eigenvalue weighted by atomic mass is 16.3. The molecule has 4 rings (SSSR count). The maximum absolute atomic E-state index is 11.6. The van der Waals surface area contributed by atoms with Crippen LogP contribution < -0.4 is 10.2 Å². The van der Waals surface area contributed by atoms with Crippen molar-refractivity contribution in [1.29, 1.82) is 0 Å². The maximum Gasteiger partial charge on any atom is 0.220 e. The molecule has 0 saturated carbocycles. The fourth-order valence-electron chi connectivity index (χ4n) is 3.64. The van der Waals surface area contributed by atoms with Crippen LogP contribution in [-0.4, -0.2) is 40.1 Å². The number of phenolic OH excluding ortho intramolecular Hbond substituents is 1. The zero-order valence-electron chi connectivity index (χ0n) is 13.6. The summed E-state index contributed by atoms with van der Waals surface area (Å²) >= 11 is 0. The largest absolute Gasteiger partial charge is 0.507 e. The summed E-state index contributed by atoms with van der Waals surface area (Å²) in [6, 6.07) is 9.37. The molecular formula is C18H20N4O2. The van der Waals surface area contributed by atoms with Crippen LogP contribution in [0.2, 0.25) is 0 Å². The number of phenols is 1. The zero-order valence-corrected chi connectivity index (χ0v) is 13.6. The lowest BCUT2D eigenvalue weighted by molar-refractivity contribution is -0.119. The van der Waals surface area contributed by atoms with Crippen molar-refractivity contribution in [3.63, 3.8) is 0 Å². The number of piperidine rings is 1. The van der Waals surface area contributed by atoms with Gasteiger partial charge in [-0.15, -0.1) is 0 Å². The molecule has 0 aliphatic carbocycles. The van der Waals surface area contributed by atoms with Crippen molar-refractivity contribution in [2.24, 2.45) is 5.92 Å². The van der Waals surface area contributed by atoms with E-state index in [1.165, 1.54) is 0 Å². The number of rotatable bonds is 2. The molecule has 2 N–H and O–H groups in total. The van der Waals surface area contributed by atoms with Crippen LogP contribution in [0.3, 0.4) is 0 Å². The highest BCUT2D eigenvalue weighted by Crippen LogP contribution is 2.31. The monoisotopic (exact) mass is 324 g/mol. The van der Waals surface area contributed by atoms with Crippen LogP contribution in [0.15, 0.2) is 30.3 Å². The smallest absolute Gasteiger partial charge is 0.220 e. The summed E-state index contributed by atoms with van der Waals surface area (Å²) in [6.45, 7) is 3.61. The van der Waals surface area contributed by atoms with Crippen molar-refractivity contribution in [2.45, 2.75) is 25.8 Å². The third-order valence-electron chi connectivity index (χ3n) is 4.84. The number of nitrogens with one attached hydrogen (secondary N) is 1. The average Bonchev–Trinajstić information content (AvgIpc) is 2.93. The number of carbonyl (C=O) groups excluding carboxylic acids is 1. The van der Waals surface area contributed by atoms with Gasteiger partial charge < -0.3 is 15.3 Å². The number of anilines is 1.